The molecule has 2 aromatic carbocycles. The first-order valence-corrected chi connectivity index (χ1v) is 10.4. The van der Waals surface area contributed by atoms with Crippen LogP contribution in [0.25, 0.3) is 0 Å². The van der Waals surface area contributed by atoms with Crippen molar-refractivity contribution >= 4 is 0 Å². The summed E-state index contributed by atoms with van der Waals surface area (Å²) < 4.78 is 0. The fraction of sp³-hybridized carbons (Fsp3) is 0.520. The zero-order chi connectivity index (χ0) is 17.4. The molecule has 0 aliphatic heterocycles. The molecule has 0 unspecified atom stereocenters. The lowest BCUT2D eigenvalue weighted by Gasteiger charge is -2.36. The highest BCUT2D eigenvalue weighted by atomic mass is 14.4. The SMILES string of the molecule is Cc1ccc(C2(c3ccccc3)CCCCCCCCCCC2)cc1. The second-order valence-corrected chi connectivity index (χ2v) is 8.00. The summed E-state index contributed by atoms with van der Waals surface area (Å²) in [5.41, 5.74) is 4.62. The Balaban J connectivity index is 1.95. The van der Waals surface area contributed by atoms with E-state index < -0.39 is 0 Å². The van der Waals surface area contributed by atoms with E-state index in [0.29, 0.717) is 0 Å². The van der Waals surface area contributed by atoms with Crippen LogP contribution in [0.5, 0.6) is 0 Å². The maximum atomic E-state index is 2.40. The highest BCUT2D eigenvalue weighted by Crippen LogP contribution is 2.42. The van der Waals surface area contributed by atoms with E-state index >= 15 is 0 Å². The number of hydrogen-bond donors (Lipinski definition) is 0. The molecule has 0 spiro atoms. The first kappa shape index (κ1) is 18.2. The predicted octanol–water partition coefficient (Wildman–Crippen LogP) is 7.59. The molecule has 0 radical (unpaired) electrons. The fourth-order valence-corrected chi connectivity index (χ4v) is 4.59. The largest absolute Gasteiger partial charge is 0.0622 e. The van der Waals surface area contributed by atoms with Gasteiger partial charge in [0, 0.05) is 5.41 Å². The number of aryl methyl sites for hydroxylation is 1. The summed E-state index contributed by atoms with van der Waals surface area (Å²) in [4.78, 5) is 0. The van der Waals surface area contributed by atoms with Gasteiger partial charge in [0.15, 0.2) is 0 Å². The lowest BCUT2D eigenvalue weighted by Crippen LogP contribution is -2.28. The molecule has 0 atom stereocenters. The maximum absolute atomic E-state index is 2.40. The Labute approximate surface area is 154 Å². The Bertz CT molecular complexity index is 596. The predicted molar refractivity (Wildman–Crippen MR) is 109 cm³/mol. The summed E-state index contributed by atoms with van der Waals surface area (Å²) >= 11 is 0. The van der Waals surface area contributed by atoms with Crippen molar-refractivity contribution in [3.63, 3.8) is 0 Å². The first-order chi connectivity index (χ1) is 12.3. The van der Waals surface area contributed by atoms with Crippen LogP contribution in [0.4, 0.5) is 0 Å². The zero-order valence-corrected chi connectivity index (χ0v) is 16.0. The van der Waals surface area contributed by atoms with Gasteiger partial charge in [-0.05, 0) is 30.9 Å². The molecular weight excluding hydrogens is 300 g/mol. The highest BCUT2D eigenvalue weighted by molar-refractivity contribution is 5.40. The van der Waals surface area contributed by atoms with Gasteiger partial charge in [0.25, 0.3) is 0 Å². The van der Waals surface area contributed by atoms with E-state index in [-0.39, 0.29) is 5.41 Å². The molecule has 0 amide bonds. The molecule has 25 heavy (non-hydrogen) atoms. The van der Waals surface area contributed by atoms with E-state index in [1.54, 1.807) is 0 Å². The smallest absolute Gasteiger partial charge is 0.0202 e. The van der Waals surface area contributed by atoms with Gasteiger partial charge in [0.05, 0.1) is 0 Å². The van der Waals surface area contributed by atoms with E-state index in [9.17, 15) is 0 Å². The Morgan fingerprint density at radius 1 is 0.520 bits per heavy atom. The number of rotatable bonds is 2. The molecule has 0 heterocycles. The average Bonchev–Trinajstić information content (AvgIpc) is 2.64. The van der Waals surface area contributed by atoms with Crippen molar-refractivity contribution in [3.8, 4) is 0 Å². The quantitative estimate of drug-likeness (QED) is 0.531. The summed E-state index contributed by atoms with van der Waals surface area (Å²) in [6.07, 6.45) is 15.2. The van der Waals surface area contributed by atoms with Crippen LogP contribution in [-0.4, -0.2) is 0 Å². The molecular formula is C25H34. The van der Waals surface area contributed by atoms with Gasteiger partial charge < -0.3 is 0 Å². The van der Waals surface area contributed by atoms with Crippen LogP contribution >= 0.6 is 0 Å². The van der Waals surface area contributed by atoms with Gasteiger partial charge in [-0.15, -0.1) is 0 Å². The van der Waals surface area contributed by atoms with Crippen molar-refractivity contribution in [2.45, 2.75) is 83.0 Å². The second kappa shape index (κ2) is 9.22. The van der Waals surface area contributed by atoms with E-state index in [0.717, 1.165) is 0 Å². The van der Waals surface area contributed by atoms with Crippen LogP contribution in [0.1, 0.15) is 87.3 Å². The van der Waals surface area contributed by atoms with Crippen molar-refractivity contribution < 1.29 is 0 Å². The summed E-state index contributed by atoms with van der Waals surface area (Å²) in [6.45, 7) is 2.19. The number of benzene rings is 2. The van der Waals surface area contributed by atoms with Gasteiger partial charge in [0.1, 0.15) is 0 Å². The van der Waals surface area contributed by atoms with E-state index in [4.69, 9.17) is 0 Å². The summed E-state index contributed by atoms with van der Waals surface area (Å²) in [7, 11) is 0. The van der Waals surface area contributed by atoms with Gasteiger partial charge in [-0.2, -0.15) is 0 Å². The molecule has 1 saturated carbocycles. The van der Waals surface area contributed by atoms with Gasteiger partial charge >= 0.3 is 0 Å². The minimum absolute atomic E-state index is 0.203. The molecule has 0 aromatic heterocycles. The van der Waals surface area contributed by atoms with Crippen LogP contribution in [-0.2, 0) is 5.41 Å². The first-order valence-electron chi connectivity index (χ1n) is 10.4. The third-order valence-electron chi connectivity index (χ3n) is 6.14. The Kier molecular flexibility index (Phi) is 6.73. The molecule has 0 N–H and O–H groups in total. The normalized spacial score (nSPS) is 19.6. The molecule has 0 bridgehead atoms. The molecule has 1 aliphatic rings. The molecule has 1 aliphatic carbocycles. The van der Waals surface area contributed by atoms with Crippen LogP contribution in [0.2, 0.25) is 0 Å². The molecule has 0 nitrogen and oxygen atoms in total. The van der Waals surface area contributed by atoms with E-state index in [2.05, 4.69) is 61.5 Å². The third kappa shape index (κ3) is 4.75. The van der Waals surface area contributed by atoms with Crippen LogP contribution in [0.3, 0.4) is 0 Å². The lowest BCUT2D eigenvalue weighted by atomic mass is 9.67. The van der Waals surface area contributed by atoms with Crippen molar-refractivity contribution in [3.05, 3.63) is 71.3 Å². The molecule has 2 aromatic rings. The summed E-state index contributed by atoms with van der Waals surface area (Å²) in [5, 5.41) is 0. The lowest BCUT2D eigenvalue weighted by molar-refractivity contribution is 0.383. The van der Waals surface area contributed by atoms with E-state index in [1.165, 1.54) is 87.3 Å². The maximum Gasteiger partial charge on any atom is 0.0202 e. The zero-order valence-electron chi connectivity index (χ0n) is 16.0. The van der Waals surface area contributed by atoms with Crippen molar-refractivity contribution in [1.82, 2.24) is 0 Å². The molecule has 0 heteroatoms. The van der Waals surface area contributed by atoms with Crippen molar-refractivity contribution in [2.75, 3.05) is 0 Å². The van der Waals surface area contributed by atoms with Gasteiger partial charge in [-0.1, -0.05) is 118 Å². The Morgan fingerprint density at radius 2 is 0.960 bits per heavy atom. The van der Waals surface area contributed by atoms with Crippen molar-refractivity contribution in [2.24, 2.45) is 0 Å². The van der Waals surface area contributed by atoms with E-state index in [1.807, 2.05) is 0 Å². The van der Waals surface area contributed by atoms with Crippen LogP contribution in [0, 0.1) is 6.92 Å². The van der Waals surface area contributed by atoms with Crippen molar-refractivity contribution in [1.29, 1.82) is 0 Å². The summed E-state index contributed by atoms with van der Waals surface area (Å²) in [5.74, 6) is 0. The summed E-state index contributed by atoms with van der Waals surface area (Å²) in [6, 6.07) is 20.7. The topological polar surface area (TPSA) is 0 Å². The molecule has 0 saturated heterocycles. The van der Waals surface area contributed by atoms with Gasteiger partial charge in [0.2, 0.25) is 0 Å². The molecule has 1 fully saturated rings. The average molecular weight is 335 g/mol. The second-order valence-electron chi connectivity index (χ2n) is 8.00. The monoisotopic (exact) mass is 334 g/mol. The van der Waals surface area contributed by atoms with Gasteiger partial charge in [-0.25, -0.2) is 0 Å². The Morgan fingerprint density at radius 3 is 1.48 bits per heavy atom. The highest BCUT2D eigenvalue weighted by Gasteiger charge is 2.33. The van der Waals surface area contributed by atoms with Crippen LogP contribution < -0.4 is 0 Å². The number of hydrogen-bond acceptors (Lipinski definition) is 0. The Hall–Kier alpha value is -1.56. The standard InChI is InChI=1S/C25H34/c1-22-16-18-24(19-17-22)25(23-14-10-9-11-15-23)20-12-7-5-3-2-4-6-8-13-21-25/h9-11,14-19H,2-8,12-13,20-21H2,1H3. The minimum atomic E-state index is 0.203. The molecule has 3 rings (SSSR count). The fourth-order valence-electron chi connectivity index (χ4n) is 4.59. The molecule has 134 valence electrons. The van der Waals surface area contributed by atoms with Crippen LogP contribution in [0.15, 0.2) is 54.6 Å². The third-order valence-corrected chi connectivity index (χ3v) is 6.14. The minimum Gasteiger partial charge on any atom is -0.0622 e. The van der Waals surface area contributed by atoms with Gasteiger partial charge in [-0.3, -0.25) is 0 Å².